The van der Waals surface area contributed by atoms with Crippen molar-refractivity contribution in [1.29, 1.82) is 0 Å². The fourth-order valence-corrected chi connectivity index (χ4v) is 2.33. The standard InChI is InChI=1S/C20H25NO/c1-19(2,3)14-12-16(20(4,5)6)18(22)17(13-14)21-15-10-8-7-9-11-15/h7-13H,1-6H3. The molecule has 0 fully saturated rings. The van der Waals surface area contributed by atoms with Crippen molar-refractivity contribution in [3.05, 3.63) is 53.6 Å². The summed E-state index contributed by atoms with van der Waals surface area (Å²) in [6.07, 6.45) is 3.98. The minimum absolute atomic E-state index is 0.0192. The van der Waals surface area contributed by atoms with E-state index < -0.39 is 0 Å². The molecule has 1 aromatic carbocycles. The lowest BCUT2D eigenvalue weighted by Crippen LogP contribution is -2.29. The maximum absolute atomic E-state index is 12.8. The molecule has 0 radical (unpaired) electrons. The molecule has 1 aliphatic rings. The second-order valence-electron chi connectivity index (χ2n) is 7.82. The Morgan fingerprint density at radius 2 is 1.41 bits per heavy atom. The maximum atomic E-state index is 12.8. The van der Waals surface area contributed by atoms with E-state index in [1.165, 1.54) is 0 Å². The summed E-state index contributed by atoms with van der Waals surface area (Å²) in [4.78, 5) is 17.4. The lowest BCUT2D eigenvalue weighted by molar-refractivity contribution is -0.110. The number of nitrogens with zero attached hydrogens (tertiary/aromatic N) is 1. The van der Waals surface area contributed by atoms with Gasteiger partial charge < -0.3 is 0 Å². The number of para-hydroxylation sites is 1. The third-order valence-electron chi connectivity index (χ3n) is 3.75. The molecule has 2 nitrogen and oxygen atoms in total. The van der Waals surface area contributed by atoms with Crippen LogP contribution in [0.15, 0.2) is 58.6 Å². The molecule has 2 heteroatoms. The Kier molecular flexibility index (Phi) is 4.23. The van der Waals surface area contributed by atoms with Crippen molar-refractivity contribution in [2.45, 2.75) is 41.5 Å². The lowest BCUT2D eigenvalue weighted by Gasteiger charge is -2.29. The largest absolute Gasteiger partial charge is 0.287 e. The number of rotatable bonds is 1. The average molecular weight is 295 g/mol. The highest BCUT2D eigenvalue weighted by atomic mass is 16.1. The second kappa shape index (κ2) is 5.68. The highest BCUT2D eigenvalue weighted by Crippen LogP contribution is 2.36. The van der Waals surface area contributed by atoms with Gasteiger partial charge >= 0.3 is 0 Å². The van der Waals surface area contributed by atoms with Crippen molar-refractivity contribution in [3.63, 3.8) is 0 Å². The number of benzene rings is 1. The summed E-state index contributed by atoms with van der Waals surface area (Å²) < 4.78 is 0. The molecule has 116 valence electrons. The first-order valence-electron chi connectivity index (χ1n) is 7.72. The molecule has 22 heavy (non-hydrogen) atoms. The van der Waals surface area contributed by atoms with E-state index in [0.717, 1.165) is 16.8 Å². The maximum Gasteiger partial charge on any atom is 0.207 e. The SMILES string of the molecule is CC(C)(C)C1=CC(=Nc2ccccc2)C(=O)C(C(C)(C)C)=C1. The summed E-state index contributed by atoms with van der Waals surface area (Å²) in [5, 5.41) is 0. The first kappa shape index (κ1) is 16.4. The van der Waals surface area contributed by atoms with Gasteiger partial charge in [0.25, 0.3) is 0 Å². The van der Waals surface area contributed by atoms with E-state index in [-0.39, 0.29) is 16.6 Å². The summed E-state index contributed by atoms with van der Waals surface area (Å²) in [6.45, 7) is 12.7. The van der Waals surface area contributed by atoms with Gasteiger partial charge in [0.2, 0.25) is 5.78 Å². The highest BCUT2D eigenvalue weighted by Gasteiger charge is 2.32. The number of allylic oxidation sites excluding steroid dienone is 4. The molecule has 0 saturated carbocycles. The van der Waals surface area contributed by atoms with Crippen molar-refractivity contribution < 1.29 is 4.79 Å². The normalized spacial score (nSPS) is 18.3. The molecule has 0 heterocycles. The minimum atomic E-state index is -0.195. The van der Waals surface area contributed by atoms with Gasteiger partial charge in [0.05, 0.1) is 5.69 Å². The zero-order valence-electron chi connectivity index (χ0n) is 14.4. The number of hydrogen-bond donors (Lipinski definition) is 0. The zero-order valence-corrected chi connectivity index (χ0v) is 14.4. The molecule has 1 aromatic rings. The summed E-state index contributed by atoms with van der Waals surface area (Å²) in [5.41, 5.74) is 3.10. The van der Waals surface area contributed by atoms with Crippen LogP contribution in [-0.4, -0.2) is 11.5 Å². The Labute approximate surface area is 133 Å². The lowest BCUT2D eigenvalue weighted by atomic mass is 9.74. The Hall–Kier alpha value is -1.96. The van der Waals surface area contributed by atoms with Gasteiger partial charge in [-0.15, -0.1) is 0 Å². The zero-order chi connectivity index (χ0) is 16.5. The first-order valence-corrected chi connectivity index (χ1v) is 7.72. The van der Waals surface area contributed by atoms with Gasteiger partial charge in [-0.3, -0.25) is 4.79 Å². The van der Waals surface area contributed by atoms with Crippen molar-refractivity contribution in [3.8, 4) is 0 Å². The van der Waals surface area contributed by atoms with Gasteiger partial charge in [-0.1, -0.05) is 65.8 Å². The highest BCUT2D eigenvalue weighted by molar-refractivity contribution is 6.51. The Balaban J connectivity index is 2.56. The summed E-state index contributed by atoms with van der Waals surface area (Å²) in [7, 11) is 0. The number of aliphatic imine (C=N–C) groups is 1. The molecule has 0 aromatic heterocycles. The quantitative estimate of drug-likeness (QED) is 0.647. The number of Topliss-reactive ketones (excluding diaryl/α,β-unsaturated/α-hetero) is 1. The summed E-state index contributed by atoms with van der Waals surface area (Å²) >= 11 is 0. The van der Waals surface area contributed by atoms with E-state index in [1.54, 1.807) is 0 Å². The van der Waals surface area contributed by atoms with E-state index in [2.05, 4.69) is 46.5 Å². The van der Waals surface area contributed by atoms with E-state index in [1.807, 2.05) is 42.5 Å². The molecule has 0 saturated heterocycles. The molecule has 0 unspecified atom stereocenters. The molecule has 0 bridgehead atoms. The van der Waals surface area contributed by atoms with E-state index in [0.29, 0.717) is 5.71 Å². The van der Waals surface area contributed by atoms with Crippen LogP contribution in [0.25, 0.3) is 0 Å². The molecule has 0 N–H and O–H groups in total. The molecule has 0 amide bonds. The summed E-state index contributed by atoms with van der Waals surface area (Å²) in [6, 6.07) is 9.65. The van der Waals surface area contributed by atoms with E-state index in [9.17, 15) is 4.79 Å². The fraction of sp³-hybridized carbons (Fsp3) is 0.400. The third-order valence-corrected chi connectivity index (χ3v) is 3.75. The smallest absolute Gasteiger partial charge is 0.207 e. The van der Waals surface area contributed by atoms with Gasteiger partial charge in [-0.05, 0) is 34.6 Å². The summed E-state index contributed by atoms with van der Waals surface area (Å²) in [5.74, 6) is 0.0318. The van der Waals surface area contributed by atoms with E-state index >= 15 is 0 Å². The van der Waals surface area contributed by atoms with E-state index in [4.69, 9.17) is 0 Å². The van der Waals surface area contributed by atoms with Crippen LogP contribution in [0.1, 0.15) is 41.5 Å². The fourth-order valence-electron chi connectivity index (χ4n) is 2.33. The van der Waals surface area contributed by atoms with Crippen LogP contribution in [0.4, 0.5) is 5.69 Å². The van der Waals surface area contributed by atoms with Crippen LogP contribution in [0.3, 0.4) is 0 Å². The van der Waals surface area contributed by atoms with Crippen LogP contribution in [0, 0.1) is 10.8 Å². The Morgan fingerprint density at radius 3 is 1.91 bits per heavy atom. The molecule has 0 spiro atoms. The van der Waals surface area contributed by atoms with Crippen molar-refractivity contribution in [2.24, 2.45) is 15.8 Å². The number of carbonyl (C=O) groups excluding carboxylic acids is 1. The number of carbonyl (C=O) groups is 1. The van der Waals surface area contributed by atoms with Crippen molar-refractivity contribution in [2.75, 3.05) is 0 Å². The van der Waals surface area contributed by atoms with Crippen molar-refractivity contribution >= 4 is 17.2 Å². The van der Waals surface area contributed by atoms with Crippen LogP contribution in [0.5, 0.6) is 0 Å². The molecule has 0 aliphatic heterocycles. The molecular formula is C20H25NO. The Bertz CT molecular complexity index is 662. The number of ketones is 1. The topological polar surface area (TPSA) is 29.4 Å². The predicted molar refractivity (Wildman–Crippen MR) is 93.6 cm³/mol. The van der Waals surface area contributed by atoms with Gasteiger partial charge in [0.1, 0.15) is 5.71 Å². The van der Waals surface area contributed by atoms with Gasteiger partial charge in [-0.2, -0.15) is 0 Å². The van der Waals surface area contributed by atoms with Crippen LogP contribution in [0.2, 0.25) is 0 Å². The second-order valence-corrected chi connectivity index (χ2v) is 7.82. The Morgan fingerprint density at radius 1 is 0.818 bits per heavy atom. The van der Waals surface area contributed by atoms with Gasteiger partial charge in [-0.25, -0.2) is 4.99 Å². The van der Waals surface area contributed by atoms with Crippen LogP contribution in [-0.2, 0) is 4.79 Å². The van der Waals surface area contributed by atoms with Gasteiger partial charge in [0.15, 0.2) is 0 Å². The van der Waals surface area contributed by atoms with Crippen molar-refractivity contribution in [1.82, 2.24) is 0 Å². The third kappa shape index (κ3) is 3.62. The number of hydrogen-bond acceptors (Lipinski definition) is 2. The molecular weight excluding hydrogens is 270 g/mol. The molecule has 1 aliphatic carbocycles. The predicted octanol–water partition coefficient (Wildman–Crippen LogP) is 5.29. The minimum Gasteiger partial charge on any atom is -0.287 e. The van der Waals surface area contributed by atoms with Crippen LogP contribution >= 0.6 is 0 Å². The van der Waals surface area contributed by atoms with Gasteiger partial charge in [0, 0.05) is 5.57 Å². The van der Waals surface area contributed by atoms with Crippen LogP contribution < -0.4 is 0 Å². The first-order chi connectivity index (χ1) is 10.1. The molecule has 2 rings (SSSR count). The monoisotopic (exact) mass is 295 g/mol. The molecule has 0 atom stereocenters. The average Bonchev–Trinajstić information content (AvgIpc) is 2.39.